The number of amides is 1. The van der Waals surface area contributed by atoms with Crippen LogP contribution >= 0.6 is 15.9 Å². The summed E-state index contributed by atoms with van der Waals surface area (Å²) in [4.78, 5) is 16.4. The first-order chi connectivity index (χ1) is 10.4. The van der Waals surface area contributed by atoms with E-state index < -0.39 is 11.7 Å². The minimum absolute atomic E-state index is 0.0402. The van der Waals surface area contributed by atoms with Gasteiger partial charge in [0.1, 0.15) is 4.60 Å². The maximum absolute atomic E-state index is 14.1. The maximum Gasteiger partial charge on any atom is 0.285 e. The lowest BCUT2D eigenvalue weighted by Gasteiger charge is -2.19. The molecular formula is C15H14BrFN2O3. The number of carbonyl (C=O) groups excluding carboxylic acids is 1. The zero-order valence-electron chi connectivity index (χ0n) is 12.2. The van der Waals surface area contributed by atoms with E-state index in [0.717, 1.165) is 0 Å². The van der Waals surface area contributed by atoms with Gasteiger partial charge in [0.2, 0.25) is 0 Å². The average molecular weight is 369 g/mol. The topological polar surface area (TPSA) is 62.7 Å². The van der Waals surface area contributed by atoms with Gasteiger partial charge in [0, 0.05) is 11.8 Å². The summed E-state index contributed by atoms with van der Waals surface area (Å²) in [5, 5.41) is 10.6. The first-order valence-corrected chi connectivity index (χ1v) is 7.15. The maximum atomic E-state index is 14.1. The van der Waals surface area contributed by atoms with E-state index in [-0.39, 0.29) is 22.6 Å². The Hall–Kier alpha value is -1.99. The smallest absolute Gasteiger partial charge is 0.285 e. The summed E-state index contributed by atoms with van der Waals surface area (Å²) >= 11 is 3.18. The summed E-state index contributed by atoms with van der Waals surface area (Å²) in [5.74, 6) is -1.29. The monoisotopic (exact) mass is 368 g/mol. The molecule has 0 radical (unpaired) electrons. The Balaban J connectivity index is 2.46. The van der Waals surface area contributed by atoms with Crippen molar-refractivity contribution in [1.82, 2.24) is 4.98 Å². The largest absolute Gasteiger partial charge is 0.494 e. The first-order valence-electron chi connectivity index (χ1n) is 6.36. The van der Waals surface area contributed by atoms with Crippen LogP contribution in [0.3, 0.4) is 0 Å². The third-order valence-corrected chi connectivity index (χ3v) is 3.89. The number of ether oxygens (including phenoxy) is 1. The number of benzene rings is 1. The van der Waals surface area contributed by atoms with Gasteiger partial charge in [-0.3, -0.25) is 10.0 Å². The zero-order valence-corrected chi connectivity index (χ0v) is 13.8. The molecule has 1 heterocycles. The predicted molar refractivity (Wildman–Crippen MR) is 83.0 cm³/mol. The molecule has 0 saturated heterocycles. The number of anilines is 1. The Bertz CT molecular complexity index is 717. The molecule has 5 nitrogen and oxygen atoms in total. The van der Waals surface area contributed by atoms with Crippen molar-refractivity contribution in [3.8, 4) is 5.75 Å². The molecule has 0 bridgehead atoms. The molecule has 0 aliphatic rings. The van der Waals surface area contributed by atoms with Crippen LogP contribution in [-0.4, -0.2) is 23.2 Å². The third-order valence-electron chi connectivity index (χ3n) is 3.29. The van der Waals surface area contributed by atoms with Gasteiger partial charge in [-0.15, -0.1) is 0 Å². The molecule has 0 unspecified atom stereocenters. The van der Waals surface area contributed by atoms with Crippen molar-refractivity contribution in [2.45, 2.75) is 13.8 Å². The second-order valence-electron chi connectivity index (χ2n) is 4.64. The Labute approximate surface area is 135 Å². The van der Waals surface area contributed by atoms with E-state index in [0.29, 0.717) is 15.2 Å². The van der Waals surface area contributed by atoms with Gasteiger partial charge in [-0.2, -0.15) is 5.06 Å². The van der Waals surface area contributed by atoms with E-state index in [1.54, 1.807) is 13.0 Å². The number of aromatic nitrogens is 1. The Morgan fingerprint density at radius 2 is 2.05 bits per heavy atom. The molecule has 7 heteroatoms. The molecule has 0 atom stereocenters. The molecule has 0 aliphatic carbocycles. The summed E-state index contributed by atoms with van der Waals surface area (Å²) in [5.41, 5.74) is 0.990. The number of rotatable bonds is 3. The van der Waals surface area contributed by atoms with Crippen LogP contribution in [0.15, 0.2) is 29.0 Å². The number of hydrogen-bond acceptors (Lipinski definition) is 4. The van der Waals surface area contributed by atoms with Crippen LogP contribution in [0.25, 0.3) is 0 Å². The molecule has 1 aromatic heterocycles. The highest BCUT2D eigenvalue weighted by molar-refractivity contribution is 9.10. The number of pyridine rings is 1. The molecule has 2 aromatic rings. The molecule has 0 saturated carbocycles. The highest BCUT2D eigenvalue weighted by atomic mass is 79.9. The van der Waals surface area contributed by atoms with Crippen molar-refractivity contribution in [2.75, 3.05) is 12.2 Å². The van der Waals surface area contributed by atoms with E-state index in [1.165, 1.54) is 32.4 Å². The summed E-state index contributed by atoms with van der Waals surface area (Å²) in [6.07, 6.45) is 1.54. The number of halogens is 2. The minimum Gasteiger partial charge on any atom is -0.494 e. The summed E-state index contributed by atoms with van der Waals surface area (Å²) in [6.45, 7) is 3.17. The number of hydrogen-bond donors (Lipinski definition) is 1. The Morgan fingerprint density at radius 3 is 2.64 bits per heavy atom. The molecule has 0 aliphatic heterocycles. The summed E-state index contributed by atoms with van der Waals surface area (Å²) in [6, 6.07) is 4.40. The van der Waals surface area contributed by atoms with Crippen LogP contribution in [0.2, 0.25) is 0 Å². The number of aryl methyl sites for hydroxylation is 1. The van der Waals surface area contributed by atoms with E-state index in [1.807, 2.05) is 0 Å². The van der Waals surface area contributed by atoms with Gasteiger partial charge in [-0.25, -0.2) is 9.37 Å². The van der Waals surface area contributed by atoms with E-state index >= 15 is 0 Å². The first kappa shape index (κ1) is 16.4. The predicted octanol–water partition coefficient (Wildman–Crippen LogP) is 3.64. The van der Waals surface area contributed by atoms with Crippen LogP contribution in [0.5, 0.6) is 5.75 Å². The zero-order chi connectivity index (χ0) is 16.4. The van der Waals surface area contributed by atoms with Crippen LogP contribution in [-0.2, 0) is 0 Å². The highest BCUT2D eigenvalue weighted by Gasteiger charge is 2.24. The minimum atomic E-state index is -0.704. The van der Waals surface area contributed by atoms with Gasteiger partial charge in [0.25, 0.3) is 5.91 Å². The number of carbonyl (C=O) groups is 1. The van der Waals surface area contributed by atoms with Gasteiger partial charge in [-0.05, 0) is 53.5 Å². The van der Waals surface area contributed by atoms with Crippen LogP contribution < -0.4 is 9.80 Å². The lowest BCUT2D eigenvalue weighted by Crippen LogP contribution is -2.29. The van der Waals surface area contributed by atoms with E-state index in [4.69, 9.17) is 4.74 Å². The van der Waals surface area contributed by atoms with Gasteiger partial charge < -0.3 is 4.74 Å². The SMILES string of the molecule is COc1ccc(N(O)C(=O)c2c(C)ccnc2Br)c(C)c1F. The van der Waals surface area contributed by atoms with Crippen LogP contribution in [0.1, 0.15) is 21.5 Å². The fourth-order valence-electron chi connectivity index (χ4n) is 2.03. The Morgan fingerprint density at radius 1 is 1.36 bits per heavy atom. The molecule has 0 spiro atoms. The fraction of sp³-hybridized carbons (Fsp3) is 0.200. The molecule has 116 valence electrons. The number of nitrogens with zero attached hydrogens (tertiary/aromatic N) is 2. The van der Waals surface area contributed by atoms with Gasteiger partial charge >= 0.3 is 0 Å². The standard InChI is InChI=1S/C15H14BrFN2O3/c1-8-6-7-18-14(16)12(8)15(20)19(21)10-4-5-11(22-3)13(17)9(10)2/h4-7,21H,1-3H3. The van der Waals surface area contributed by atoms with Gasteiger partial charge in [0.05, 0.1) is 18.4 Å². The molecule has 1 amide bonds. The van der Waals surface area contributed by atoms with E-state index in [9.17, 15) is 14.4 Å². The van der Waals surface area contributed by atoms with Crippen molar-refractivity contribution in [1.29, 1.82) is 0 Å². The van der Waals surface area contributed by atoms with Crippen LogP contribution in [0.4, 0.5) is 10.1 Å². The highest BCUT2D eigenvalue weighted by Crippen LogP contribution is 2.30. The van der Waals surface area contributed by atoms with Crippen LogP contribution in [0, 0.1) is 19.7 Å². The molecular weight excluding hydrogens is 355 g/mol. The summed E-state index contributed by atoms with van der Waals surface area (Å²) in [7, 11) is 1.34. The van der Waals surface area contributed by atoms with Gasteiger partial charge in [0.15, 0.2) is 11.6 Å². The molecule has 0 fully saturated rings. The van der Waals surface area contributed by atoms with Crippen molar-refractivity contribution in [3.63, 3.8) is 0 Å². The molecule has 2 rings (SSSR count). The normalized spacial score (nSPS) is 10.5. The lowest BCUT2D eigenvalue weighted by molar-refractivity contribution is 0.0852. The van der Waals surface area contributed by atoms with Crippen molar-refractivity contribution in [2.24, 2.45) is 0 Å². The molecule has 22 heavy (non-hydrogen) atoms. The molecule has 1 aromatic carbocycles. The lowest BCUT2D eigenvalue weighted by atomic mass is 10.1. The van der Waals surface area contributed by atoms with Crippen molar-refractivity contribution < 1.29 is 19.1 Å². The van der Waals surface area contributed by atoms with Gasteiger partial charge in [-0.1, -0.05) is 0 Å². The number of hydroxylamine groups is 1. The van der Waals surface area contributed by atoms with E-state index in [2.05, 4.69) is 20.9 Å². The summed E-state index contributed by atoms with van der Waals surface area (Å²) < 4.78 is 19.2. The number of methoxy groups -OCH3 is 1. The average Bonchev–Trinajstić information content (AvgIpc) is 2.49. The quantitative estimate of drug-likeness (QED) is 0.510. The Kier molecular flexibility index (Phi) is 4.77. The fourth-order valence-corrected chi connectivity index (χ4v) is 2.63. The second kappa shape index (κ2) is 6.41. The third kappa shape index (κ3) is 2.82. The second-order valence-corrected chi connectivity index (χ2v) is 5.39. The van der Waals surface area contributed by atoms with Crippen molar-refractivity contribution in [3.05, 3.63) is 51.5 Å². The van der Waals surface area contributed by atoms with Crippen molar-refractivity contribution >= 4 is 27.5 Å². The molecule has 1 N–H and O–H groups in total.